The van der Waals surface area contributed by atoms with Gasteiger partial charge in [0.05, 0.1) is 6.04 Å². The summed E-state index contributed by atoms with van der Waals surface area (Å²) < 4.78 is 1.90. The Balaban J connectivity index is 1.68. The summed E-state index contributed by atoms with van der Waals surface area (Å²) >= 11 is 7.56. The van der Waals surface area contributed by atoms with Crippen molar-refractivity contribution in [2.24, 2.45) is 0 Å². The van der Waals surface area contributed by atoms with E-state index < -0.39 is 5.25 Å². The van der Waals surface area contributed by atoms with Gasteiger partial charge in [-0.25, -0.2) is 4.68 Å². The van der Waals surface area contributed by atoms with E-state index in [1.807, 2.05) is 30.7 Å². The molecule has 0 saturated carbocycles. The van der Waals surface area contributed by atoms with E-state index in [4.69, 9.17) is 11.6 Å². The number of aryl methyl sites for hydroxylation is 3. The number of anilines is 1. The molecule has 1 aliphatic rings. The Bertz CT molecular complexity index is 1070. The predicted octanol–water partition coefficient (Wildman–Crippen LogP) is 4.76. The van der Waals surface area contributed by atoms with Gasteiger partial charge in [0.1, 0.15) is 5.25 Å². The topological polar surface area (TPSA) is 71.8 Å². The summed E-state index contributed by atoms with van der Waals surface area (Å²) in [5.41, 5.74) is 7.46. The SMILES string of the molecule is CCc1ccc([C@@H]2Nn3c(CC)nnc3S[C@@H]2C(=O)Nc2cc(Cl)ccc2C)cc1. The molecule has 0 spiro atoms. The number of rotatable bonds is 5. The number of aromatic nitrogens is 3. The number of hydrogen-bond acceptors (Lipinski definition) is 5. The minimum absolute atomic E-state index is 0.102. The summed E-state index contributed by atoms with van der Waals surface area (Å²) in [5.74, 6) is 0.743. The molecule has 2 heterocycles. The molecule has 0 aliphatic carbocycles. The van der Waals surface area contributed by atoms with Crippen LogP contribution in [0.5, 0.6) is 0 Å². The van der Waals surface area contributed by atoms with Gasteiger partial charge in [-0.1, -0.05) is 67.5 Å². The molecule has 8 heteroatoms. The lowest BCUT2D eigenvalue weighted by Crippen LogP contribution is -2.41. The summed E-state index contributed by atoms with van der Waals surface area (Å²) in [6, 6.07) is 13.7. The number of halogens is 1. The first-order chi connectivity index (χ1) is 14.5. The largest absolute Gasteiger partial charge is 0.325 e. The Morgan fingerprint density at radius 1 is 1.17 bits per heavy atom. The fourth-order valence-electron chi connectivity index (χ4n) is 3.47. The molecule has 6 nitrogen and oxygen atoms in total. The Hall–Kier alpha value is -2.51. The highest BCUT2D eigenvalue weighted by Gasteiger charge is 2.37. The van der Waals surface area contributed by atoms with Crippen LogP contribution in [0.15, 0.2) is 47.6 Å². The van der Waals surface area contributed by atoms with Gasteiger partial charge in [-0.15, -0.1) is 10.2 Å². The molecule has 0 saturated heterocycles. The summed E-state index contributed by atoms with van der Waals surface area (Å²) in [5, 5.41) is 12.4. The van der Waals surface area contributed by atoms with Crippen molar-refractivity contribution in [1.82, 2.24) is 14.9 Å². The molecular formula is C22H24ClN5OS. The van der Waals surface area contributed by atoms with E-state index in [1.165, 1.54) is 17.3 Å². The van der Waals surface area contributed by atoms with Gasteiger partial charge < -0.3 is 10.7 Å². The fourth-order valence-corrected chi connectivity index (χ4v) is 4.74. The minimum atomic E-state index is -0.419. The van der Waals surface area contributed by atoms with Crippen molar-refractivity contribution in [3.63, 3.8) is 0 Å². The molecule has 0 unspecified atom stereocenters. The summed E-state index contributed by atoms with van der Waals surface area (Å²) in [6.45, 7) is 6.11. The first-order valence-electron chi connectivity index (χ1n) is 10.0. The van der Waals surface area contributed by atoms with Gasteiger partial charge >= 0.3 is 0 Å². The van der Waals surface area contributed by atoms with Crippen LogP contribution in [0.2, 0.25) is 5.02 Å². The van der Waals surface area contributed by atoms with Crippen molar-refractivity contribution in [2.75, 3.05) is 10.7 Å². The molecular weight excluding hydrogens is 418 g/mol. The number of thioether (sulfide) groups is 1. The lowest BCUT2D eigenvalue weighted by Gasteiger charge is -2.33. The maximum Gasteiger partial charge on any atom is 0.240 e. The quantitative estimate of drug-likeness (QED) is 0.597. The zero-order valence-corrected chi connectivity index (χ0v) is 18.7. The average Bonchev–Trinajstić information content (AvgIpc) is 3.17. The second-order valence-electron chi connectivity index (χ2n) is 7.28. The van der Waals surface area contributed by atoms with E-state index in [0.29, 0.717) is 10.2 Å². The molecule has 0 fully saturated rings. The van der Waals surface area contributed by atoms with Gasteiger partial charge in [0, 0.05) is 17.1 Å². The lowest BCUT2D eigenvalue weighted by atomic mass is 10.0. The fraction of sp³-hybridized carbons (Fsp3) is 0.318. The van der Waals surface area contributed by atoms with E-state index in [1.54, 1.807) is 6.07 Å². The lowest BCUT2D eigenvalue weighted by molar-refractivity contribution is -0.116. The molecule has 4 rings (SSSR count). The molecule has 2 aromatic carbocycles. The highest BCUT2D eigenvalue weighted by molar-refractivity contribution is 8.00. The number of benzene rings is 2. The number of nitrogens with one attached hydrogen (secondary N) is 2. The maximum absolute atomic E-state index is 13.4. The second kappa shape index (κ2) is 8.70. The normalized spacial score (nSPS) is 17.9. The molecule has 1 amide bonds. The number of amides is 1. The number of nitrogens with zero attached hydrogens (tertiary/aromatic N) is 3. The van der Waals surface area contributed by atoms with E-state index >= 15 is 0 Å². The Labute approximate surface area is 185 Å². The number of fused-ring (bicyclic) bond motifs is 1. The number of carbonyl (C=O) groups is 1. The van der Waals surface area contributed by atoms with Crippen LogP contribution in [0, 0.1) is 6.92 Å². The van der Waals surface area contributed by atoms with Gasteiger partial charge in [0.15, 0.2) is 5.82 Å². The van der Waals surface area contributed by atoms with Crippen LogP contribution in [-0.2, 0) is 17.6 Å². The van der Waals surface area contributed by atoms with Crippen molar-refractivity contribution in [1.29, 1.82) is 0 Å². The van der Waals surface area contributed by atoms with Gasteiger partial charge in [-0.3, -0.25) is 4.79 Å². The van der Waals surface area contributed by atoms with E-state index in [-0.39, 0.29) is 11.9 Å². The van der Waals surface area contributed by atoms with Crippen LogP contribution in [0.4, 0.5) is 5.69 Å². The number of carbonyl (C=O) groups excluding carboxylic acids is 1. The first-order valence-corrected chi connectivity index (χ1v) is 11.3. The van der Waals surface area contributed by atoms with Crippen molar-refractivity contribution < 1.29 is 4.79 Å². The Kier molecular flexibility index (Phi) is 6.01. The summed E-state index contributed by atoms with van der Waals surface area (Å²) in [6.07, 6.45) is 1.72. The highest BCUT2D eigenvalue weighted by Crippen LogP contribution is 2.38. The molecule has 2 N–H and O–H groups in total. The molecule has 1 aliphatic heterocycles. The third kappa shape index (κ3) is 4.04. The molecule has 3 aromatic rings. The highest BCUT2D eigenvalue weighted by atomic mass is 35.5. The van der Waals surface area contributed by atoms with Crippen LogP contribution in [-0.4, -0.2) is 26.0 Å². The molecule has 30 heavy (non-hydrogen) atoms. The second-order valence-corrected chi connectivity index (χ2v) is 8.82. The van der Waals surface area contributed by atoms with E-state index in [2.05, 4.69) is 52.1 Å². The monoisotopic (exact) mass is 441 g/mol. The van der Waals surface area contributed by atoms with E-state index in [0.717, 1.165) is 35.5 Å². The average molecular weight is 442 g/mol. The van der Waals surface area contributed by atoms with Gasteiger partial charge in [-0.2, -0.15) is 0 Å². The Morgan fingerprint density at radius 2 is 1.93 bits per heavy atom. The van der Waals surface area contributed by atoms with Crippen molar-refractivity contribution in [3.8, 4) is 0 Å². The molecule has 1 aromatic heterocycles. The van der Waals surface area contributed by atoms with Crippen LogP contribution in [0.25, 0.3) is 0 Å². The zero-order chi connectivity index (χ0) is 21.3. The molecule has 156 valence electrons. The van der Waals surface area contributed by atoms with E-state index in [9.17, 15) is 4.79 Å². The van der Waals surface area contributed by atoms with Crippen molar-refractivity contribution in [2.45, 2.75) is 50.1 Å². The standard InChI is InChI=1S/C22H24ClN5OS/c1-4-14-7-9-15(10-8-14)19-20(30-22-26-25-18(5-2)28(22)27-19)21(29)24-17-12-16(23)11-6-13(17)3/h6-12,19-20,27H,4-5H2,1-3H3,(H,24,29)/t19-,20-/m0/s1. The molecule has 0 bridgehead atoms. The van der Waals surface area contributed by atoms with Crippen LogP contribution in [0.3, 0.4) is 0 Å². The van der Waals surface area contributed by atoms with Crippen molar-refractivity contribution >= 4 is 35.0 Å². The smallest absolute Gasteiger partial charge is 0.240 e. The van der Waals surface area contributed by atoms with Crippen molar-refractivity contribution in [3.05, 3.63) is 70.0 Å². The van der Waals surface area contributed by atoms with Crippen LogP contribution >= 0.6 is 23.4 Å². The van der Waals surface area contributed by atoms with Gasteiger partial charge in [0.25, 0.3) is 0 Å². The van der Waals surface area contributed by atoms with Crippen LogP contribution < -0.4 is 10.7 Å². The maximum atomic E-state index is 13.4. The summed E-state index contributed by atoms with van der Waals surface area (Å²) in [7, 11) is 0. The number of hydrogen-bond donors (Lipinski definition) is 2. The van der Waals surface area contributed by atoms with Crippen LogP contribution in [0.1, 0.15) is 42.4 Å². The Morgan fingerprint density at radius 3 is 2.63 bits per heavy atom. The predicted molar refractivity (Wildman–Crippen MR) is 122 cm³/mol. The zero-order valence-electron chi connectivity index (χ0n) is 17.1. The minimum Gasteiger partial charge on any atom is -0.325 e. The molecule has 2 atom stereocenters. The summed E-state index contributed by atoms with van der Waals surface area (Å²) in [4.78, 5) is 13.4. The van der Waals surface area contributed by atoms with Gasteiger partial charge in [-0.05, 0) is 42.2 Å². The molecule has 0 radical (unpaired) electrons. The van der Waals surface area contributed by atoms with Gasteiger partial charge in [0.2, 0.25) is 11.1 Å². The third-order valence-corrected chi connectivity index (χ3v) is 6.73. The first kappa shape index (κ1) is 20.8. The third-order valence-electron chi connectivity index (χ3n) is 5.28.